The third-order valence-electron chi connectivity index (χ3n) is 3.34. The SMILES string of the molecule is CCOC(=O)[C@@H](CC(=O)OC(C)(C)C)Nc1cccc2ncccc12. The highest BCUT2D eigenvalue weighted by molar-refractivity contribution is 5.94. The van der Waals surface area contributed by atoms with Gasteiger partial charge in [0.05, 0.1) is 18.5 Å². The molecule has 0 bridgehead atoms. The maximum atomic E-state index is 12.3. The number of pyridine rings is 1. The summed E-state index contributed by atoms with van der Waals surface area (Å²) in [6, 6.07) is 8.45. The molecule has 2 aromatic rings. The Morgan fingerprint density at radius 2 is 1.96 bits per heavy atom. The number of rotatable bonds is 6. The molecule has 1 aromatic heterocycles. The molecule has 0 saturated carbocycles. The van der Waals surface area contributed by atoms with E-state index in [1.807, 2.05) is 30.3 Å². The summed E-state index contributed by atoms with van der Waals surface area (Å²) in [6.07, 6.45) is 1.59. The number of carbonyl (C=O) groups is 2. The van der Waals surface area contributed by atoms with Crippen molar-refractivity contribution < 1.29 is 19.1 Å². The van der Waals surface area contributed by atoms with Crippen LogP contribution in [0.5, 0.6) is 0 Å². The number of carbonyl (C=O) groups excluding carboxylic acids is 2. The van der Waals surface area contributed by atoms with E-state index in [1.165, 1.54) is 0 Å². The number of esters is 2. The van der Waals surface area contributed by atoms with Crippen LogP contribution in [0.4, 0.5) is 5.69 Å². The molecule has 2 rings (SSSR count). The van der Waals surface area contributed by atoms with E-state index in [4.69, 9.17) is 9.47 Å². The van der Waals surface area contributed by atoms with E-state index in [9.17, 15) is 9.59 Å². The van der Waals surface area contributed by atoms with Crippen LogP contribution in [-0.2, 0) is 19.1 Å². The van der Waals surface area contributed by atoms with Crippen molar-refractivity contribution in [1.82, 2.24) is 4.98 Å². The van der Waals surface area contributed by atoms with Crippen molar-refractivity contribution in [2.75, 3.05) is 11.9 Å². The lowest BCUT2D eigenvalue weighted by Gasteiger charge is -2.23. The van der Waals surface area contributed by atoms with Crippen LogP contribution in [0.2, 0.25) is 0 Å². The molecule has 0 aliphatic carbocycles. The van der Waals surface area contributed by atoms with Crippen LogP contribution in [-0.4, -0.2) is 35.2 Å². The second kappa shape index (κ2) is 7.96. The Balaban J connectivity index is 2.23. The summed E-state index contributed by atoms with van der Waals surface area (Å²) in [5.74, 6) is -0.953. The molecule has 134 valence electrons. The van der Waals surface area contributed by atoms with Crippen molar-refractivity contribution >= 4 is 28.5 Å². The Morgan fingerprint density at radius 1 is 1.20 bits per heavy atom. The topological polar surface area (TPSA) is 77.5 Å². The Hall–Kier alpha value is -2.63. The second-order valence-corrected chi connectivity index (χ2v) is 6.62. The second-order valence-electron chi connectivity index (χ2n) is 6.62. The number of benzene rings is 1. The first-order chi connectivity index (χ1) is 11.8. The van der Waals surface area contributed by atoms with E-state index >= 15 is 0 Å². The normalized spacial score (nSPS) is 12.5. The molecule has 0 saturated heterocycles. The number of nitrogens with one attached hydrogen (secondary N) is 1. The van der Waals surface area contributed by atoms with E-state index in [-0.39, 0.29) is 13.0 Å². The predicted molar refractivity (Wildman–Crippen MR) is 96.2 cm³/mol. The van der Waals surface area contributed by atoms with Crippen LogP contribution < -0.4 is 5.32 Å². The van der Waals surface area contributed by atoms with Gasteiger partial charge >= 0.3 is 11.9 Å². The van der Waals surface area contributed by atoms with Gasteiger partial charge in [0.2, 0.25) is 0 Å². The van der Waals surface area contributed by atoms with Crippen molar-refractivity contribution in [2.45, 2.75) is 45.8 Å². The predicted octanol–water partition coefficient (Wildman–Crippen LogP) is 3.31. The summed E-state index contributed by atoms with van der Waals surface area (Å²) in [5.41, 5.74) is 0.902. The maximum Gasteiger partial charge on any atom is 0.329 e. The van der Waals surface area contributed by atoms with Gasteiger partial charge in [0.15, 0.2) is 0 Å². The van der Waals surface area contributed by atoms with E-state index < -0.39 is 23.6 Å². The third kappa shape index (κ3) is 5.45. The van der Waals surface area contributed by atoms with Gasteiger partial charge in [-0.15, -0.1) is 0 Å². The summed E-state index contributed by atoms with van der Waals surface area (Å²) in [5, 5.41) is 3.97. The van der Waals surface area contributed by atoms with Crippen LogP contribution >= 0.6 is 0 Å². The minimum absolute atomic E-state index is 0.118. The fourth-order valence-electron chi connectivity index (χ4n) is 2.40. The van der Waals surface area contributed by atoms with Crippen LogP contribution in [0.25, 0.3) is 10.9 Å². The largest absolute Gasteiger partial charge is 0.464 e. The Kier molecular flexibility index (Phi) is 5.96. The molecule has 1 atom stereocenters. The van der Waals surface area contributed by atoms with E-state index in [0.717, 1.165) is 10.9 Å². The van der Waals surface area contributed by atoms with E-state index in [2.05, 4.69) is 10.3 Å². The summed E-state index contributed by atoms with van der Waals surface area (Å²) in [7, 11) is 0. The van der Waals surface area contributed by atoms with Crippen LogP contribution in [0.1, 0.15) is 34.1 Å². The quantitative estimate of drug-likeness (QED) is 0.810. The molecule has 0 amide bonds. The number of aromatic nitrogens is 1. The smallest absolute Gasteiger partial charge is 0.329 e. The lowest BCUT2D eigenvalue weighted by molar-refractivity contribution is -0.158. The van der Waals surface area contributed by atoms with Crippen molar-refractivity contribution in [3.63, 3.8) is 0 Å². The van der Waals surface area contributed by atoms with Gasteiger partial charge in [0.25, 0.3) is 0 Å². The lowest BCUT2D eigenvalue weighted by Crippen LogP contribution is -2.36. The number of anilines is 1. The molecule has 0 aliphatic heterocycles. The number of ether oxygens (including phenoxy) is 2. The molecular weight excluding hydrogens is 320 g/mol. The van der Waals surface area contributed by atoms with Crippen molar-refractivity contribution in [3.8, 4) is 0 Å². The highest BCUT2D eigenvalue weighted by Gasteiger charge is 2.27. The van der Waals surface area contributed by atoms with Gasteiger partial charge in [0, 0.05) is 17.3 Å². The van der Waals surface area contributed by atoms with Crippen molar-refractivity contribution in [2.24, 2.45) is 0 Å². The van der Waals surface area contributed by atoms with Gasteiger partial charge in [-0.05, 0) is 52.0 Å². The number of nitrogens with zero attached hydrogens (tertiary/aromatic N) is 1. The molecule has 0 unspecified atom stereocenters. The molecule has 1 heterocycles. The van der Waals surface area contributed by atoms with Gasteiger partial charge in [0.1, 0.15) is 11.6 Å². The maximum absolute atomic E-state index is 12.3. The fourth-order valence-corrected chi connectivity index (χ4v) is 2.40. The van der Waals surface area contributed by atoms with Gasteiger partial charge in [-0.1, -0.05) is 6.07 Å². The summed E-state index contributed by atoms with van der Waals surface area (Å²) in [6.45, 7) is 7.32. The van der Waals surface area contributed by atoms with Crippen LogP contribution in [0, 0.1) is 0 Å². The molecule has 25 heavy (non-hydrogen) atoms. The van der Waals surface area contributed by atoms with Gasteiger partial charge in [-0.25, -0.2) is 4.79 Å². The minimum atomic E-state index is -0.833. The fraction of sp³-hybridized carbons (Fsp3) is 0.421. The summed E-state index contributed by atoms with van der Waals surface area (Å²) >= 11 is 0. The zero-order chi connectivity index (χ0) is 18.4. The van der Waals surface area contributed by atoms with E-state index in [1.54, 1.807) is 33.9 Å². The van der Waals surface area contributed by atoms with Gasteiger partial charge in [-0.3, -0.25) is 9.78 Å². The molecule has 0 spiro atoms. The number of hydrogen-bond donors (Lipinski definition) is 1. The summed E-state index contributed by atoms with van der Waals surface area (Å²) in [4.78, 5) is 28.7. The molecule has 0 radical (unpaired) electrons. The zero-order valence-corrected chi connectivity index (χ0v) is 15.0. The average Bonchev–Trinajstić information content (AvgIpc) is 2.53. The first-order valence-electron chi connectivity index (χ1n) is 8.29. The molecule has 0 fully saturated rings. The Morgan fingerprint density at radius 3 is 2.64 bits per heavy atom. The average molecular weight is 344 g/mol. The zero-order valence-electron chi connectivity index (χ0n) is 15.0. The van der Waals surface area contributed by atoms with Crippen LogP contribution in [0.15, 0.2) is 36.5 Å². The summed E-state index contributed by atoms with van der Waals surface area (Å²) < 4.78 is 10.4. The molecule has 1 aromatic carbocycles. The van der Waals surface area contributed by atoms with Crippen molar-refractivity contribution in [3.05, 3.63) is 36.5 Å². The first-order valence-corrected chi connectivity index (χ1v) is 8.29. The standard InChI is InChI=1S/C19H24N2O4/c1-5-24-18(23)16(12-17(22)25-19(2,3)4)21-15-10-6-9-14-13(15)8-7-11-20-14/h6-11,16,21H,5,12H2,1-4H3/t16-/m1/s1. The third-order valence-corrected chi connectivity index (χ3v) is 3.34. The van der Waals surface area contributed by atoms with Crippen LogP contribution in [0.3, 0.4) is 0 Å². The minimum Gasteiger partial charge on any atom is -0.464 e. The van der Waals surface area contributed by atoms with Crippen molar-refractivity contribution in [1.29, 1.82) is 0 Å². The molecule has 1 N–H and O–H groups in total. The number of hydrogen-bond acceptors (Lipinski definition) is 6. The van der Waals surface area contributed by atoms with Gasteiger partial charge < -0.3 is 14.8 Å². The molecule has 6 nitrogen and oxygen atoms in total. The monoisotopic (exact) mass is 344 g/mol. The highest BCUT2D eigenvalue weighted by Crippen LogP contribution is 2.23. The molecule has 0 aliphatic rings. The molecular formula is C19H24N2O4. The Bertz CT molecular complexity index is 747. The van der Waals surface area contributed by atoms with Gasteiger partial charge in [-0.2, -0.15) is 0 Å². The first kappa shape index (κ1) is 18.7. The Labute approximate surface area is 147 Å². The molecule has 6 heteroatoms. The highest BCUT2D eigenvalue weighted by atomic mass is 16.6. The van der Waals surface area contributed by atoms with E-state index in [0.29, 0.717) is 5.69 Å². The number of fused-ring (bicyclic) bond motifs is 1. The lowest BCUT2D eigenvalue weighted by atomic mass is 10.1.